The van der Waals surface area contributed by atoms with Crippen molar-refractivity contribution in [3.05, 3.63) is 30.3 Å². The molecular formula is C16H22N2O4. The van der Waals surface area contributed by atoms with Crippen LogP contribution in [-0.2, 0) is 19.2 Å². The lowest BCUT2D eigenvalue weighted by atomic mass is 10.1. The Hall–Kier alpha value is -2.37. The van der Waals surface area contributed by atoms with Crippen molar-refractivity contribution in [1.29, 1.82) is 0 Å². The summed E-state index contributed by atoms with van der Waals surface area (Å²) < 4.78 is 0. The van der Waals surface area contributed by atoms with Crippen molar-refractivity contribution in [2.75, 3.05) is 5.32 Å². The molecule has 0 heterocycles. The smallest absolute Gasteiger partial charge is 0.329 e. The van der Waals surface area contributed by atoms with Gasteiger partial charge in [0.25, 0.3) is 5.91 Å². The van der Waals surface area contributed by atoms with E-state index in [0.717, 1.165) is 24.9 Å². The fraction of sp³-hybridized carbons (Fsp3) is 0.438. The summed E-state index contributed by atoms with van der Waals surface area (Å²) in [7, 11) is 0. The van der Waals surface area contributed by atoms with Gasteiger partial charge in [0, 0.05) is 25.5 Å². The molecule has 0 saturated heterocycles. The van der Waals surface area contributed by atoms with Gasteiger partial charge in [0.2, 0.25) is 5.91 Å². The number of nitrogens with one attached hydrogen (secondary N) is 2. The van der Waals surface area contributed by atoms with E-state index in [4.69, 9.17) is 0 Å². The van der Waals surface area contributed by atoms with Gasteiger partial charge in [-0.1, -0.05) is 31.0 Å². The molecule has 1 aromatic carbocycles. The van der Waals surface area contributed by atoms with Crippen molar-refractivity contribution in [2.24, 2.45) is 0 Å². The highest BCUT2D eigenvalue weighted by Gasteiger charge is 2.04. The molecule has 0 fully saturated rings. The van der Waals surface area contributed by atoms with Crippen molar-refractivity contribution in [3.8, 4) is 0 Å². The van der Waals surface area contributed by atoms with Crippen LogP contribution >= 0.6 is 0 Å². The Morgan fingerprint density at radius 2 is 1.50 bits per heavy atom. The van der Waals surface area contributed by atoms with Crippen LogP contribution < -0.4 is 10.8 Å². The number of anilines is 1. The summed E-state index contributed by atoms with van der Waals surface area (Å²) in [5, 5.41) is 2.83. The van der Waals surface area contributed by atoms with Gasteiger partial charge in [0.15, 0.2) is 0 Å². The van der Waals surface area contributed by atoms with Crippen LogP contribution in [0.2, 0.25) is 0 Å². The van der Waals surface area contributed by atoms with Crippen LogP contribution in [0.5, 0.6) is 0 Å². The first-order valence-corrected chi connectivity index (χ1v) is 7.39. The summed E-state index contributed by atoms with van der Waals surface area (Å²) >= 11 is 0. The number of unbranched alkanes of at least 4 members (excludes halogenated alkanes) is 3. The predicted molar refractivity (Wildman–Crippen MR) is 82.7 cm³/mol. The minimum absolute atomic E-state index is 0.00111. The van der Waals surface area contributed by atoms with Gasteiger partial charge >= 0.3 is 5.97 Å². The summed E-state index contributed by atoms with van der Waals surface area (Å²) in [6.07, 6.45) is 3.99. The zero-order chi connectivity index (χ0) is 16.2. The van der Waals surface area contributed by atoms with E-state index in [1.165, 1.54) is 6.92 Å². The zero-order valence-electron chi connectivity index (χ0n) is 12.8. The van der Waals surface area contributed by atoms with Crippen LogP contribution in [-0.4, -0.2) is 17.8 Å². The van der Waals surface area contributed by atoms with Crippen molar-refractivity contribution in [2.45, 2.75) is 45.4 Å². The first-order chi connectivity index (χ1) is 10.6. The van der Waals surface area contributed by atoms with Crippen LogP contribution in [0.1, 0.15) is 45.4 Å². The third-order valence-electron chi connectivity index (χ3n) is 2.92. The van der Waals surface area contributed by atoms with Crippen LogP contribution in [0, 0.1) is 0 Å². The van der Waals surface area contributed by atoms with E-state index in [0.29, 0.717) is 19.3 Å². The molecule has 120 valence electrons. The Bertz CT molecular complexity index is 488. The molecule has 0 spiro atoms. The minimum Gasteiger partial charge on any atom is -0.341 e. The first-order valence-electron chi connectivity index (χ1n) is 7.39. The molecule has 1 rings (SSSR count). The molecule has 0 aliphatic rings. The average Bonchev–Trinajstić information content (AvgIpc) is 2.49. The number of hydrogen-bond donors (Lipinski definition) is 2. The van der Waals surface area contributed by atoms with Crippen LogP contribution in [0.15, 0.2) is 30.3 Å². The second-order valence-corrected chi connectivity index (χ2v) is 4.95. The number of hydroxylamine groups is 1. The summed E-state index contributed by atoms with van der Waals surface area (Å²) in [5.74, 6) is -0.853. The van der Waals surface area contributed by atoms with E-state index in [-0.39, 0.29) is 11.8 Å². The van der Waals surface area contributed by atoms with Gasteiger partial charge in [-0.2, -0.15) is 5.48 Å². The van der Waals surface area contributed by atoms with Crippen molar-refractivity contribution >= 4 is 23.5 Å². The van der Waals surface area contributed by atoms with Gasteiger partial charge in [-0.15, -0.1) is 0 Å². The van der Waals surface area contributed by atoms with Gasteiger partial charge in [-0.3, -0.25) is 14.4 Å². The molecular weight excluding hydrogens is 284 g/mol. The number of carbonyl (C=O) groups is 3. The molecule has 0 unspecified atom stereocenters. The summed E-state index contributed by atoms with van der Waals surface area (Å²) in [6.45, 7) is 1.22. The minimum atomic E-state index is -0.544. The molecule has 0 aliphatic heterocycles. The van der Waals surface area contributed by atoms with E-state index in [9.17, 15) is 14.4 Å². The van der Waals surface area contributed by atoms with Gasteiger partial charge in [-0.25, -0.2) is 0 Å². The summed E-state index contributed by atoms with van der Waals surface area (Å²) in [4.78, 5) is 37.8. The van der Waals surface area contributed by atoms with Crippen LogP contribution in [0.3, 0.4) is 0 Å². The largest absolute Gasteiger partial charge is 0.341 e. The molecule has 0 saturated carbocycles. The van der Waals surface area contributed by atoms with Gasteiger partial charge in [0.1, 0.15) is 0 Å². The Balaban J connectivity index is 2.00. The normalized spacial score (nSPS) is 9.86. The number of hydrogen-bond acceptors (Lipinski definition) is 4. The standard InChI is InChI=1S/C16H22N2O4/c1-13(19)22-18-16(21)12-8-3-2-7-11-15(20)17-14-9-5-4-6-10-14/h4-6,9-10H,2-3,7-8,11-12H2,1H3,(H,17,20)(H,18,21). The average molecular weight is 306 g/mol. The molecule has 2 N–H and O–H groups in total. The van der Waals surface area contributed by atoms with E-state index < -0.39 is 5.97 Å². The number of amides is 2. The molecule has 6 heteroatoms. The van der Waals surface area contributed by atoms with E-state index in [2.05, 4.69) is 15.6 Å². The van der Waals surface area contributed by atoms with Gasteiger partial charge in [0.05, 0.1) is 0 Å². The molecule has 0 atom stereocenters. The lowest BCUT2D eigenvalue weighted by Gasteiger charge is -2.05. The maximum absolute atomic E-state index is 11.7. The highest BCUT2D eigenvalue weighted by Crippen LogP contribution is 2.09. The lowest BCUT2D eigenvalue weighted by Crippen LogP contribution is -2.25. The maximum Gasteiger partial charge on any atom is 0.329 e. The van der Waals surface area contributed by atoms with E-state index >= 15 is 0 Å². The first kappa shape index (κ1) is 17.7. The molecule has 0 aliphatic carbocycles. The van der Waals surface area contributed by atoms with E-state index in [1.807, 2.05) is 30.3 Å². The number of rotatable bonds is 8. The second kappa shape index (κ2) is 10.4. The van der Waals surface area contributed by atoms with Crippen LogP contribution in [0.4, 0.5) is 5.69 Å². The molecule has 0 bridgehead atoms. The molecule has 0 aromatic heterocycles. The third-order valence-corrected chi connectivity index (χ3v) is 2.92. The summed E-state index contributed by atoms with van der Waals surface area (Å²) in [5.41, 5.74) is 2.87. The zero-order valence-corrected chi connectivity index (χ0v) is 12.8. The lowest BCUT2D eigenvalue weighted by molar-refractivity contribution is -0.156. The SMILES string of the molecule is CC(=O)ONC(=O)CCCCCCC(=O)Nc1ccccc1. The number of carbonyl (C=O) groups excluding carboxylic acids is 3. The monoisotopic (exact) mass is 306 g/mol. The van der Waals surface area contributed by atoms with Gasteiger partial charge < -0.3 is 10.2 Å². The quantitative estimate of drug-likeness (QED) is 0.571. The Morgan fingerprint density at radius 1 is 0.909 bits per heavy atom. The Kier molecular flexibility index (Phi) is 8.33. The van der Waals surface area contributed by atoms with Gasteiger partial charge in [-0.05, 0) is 25.0 Å². The Morgan fingerprint density at radius 3 is 2.09 bits per heavy atom. The fourth-order valence-electron chi connectivity index (χ4n) is 1.85. The summed E-state index contributed by atoms with van der Waals surface area (Å²) in [6, 6.07) is 9.33. The van der Waals surface area contributed by atoms with E-state index in [1.54, 1.807) is 0 Å². The Labute approximate surface area is 130 Å². The van der Waals surface area contributed by atoms with Crippen molar-refractivity contribution < 1.29 is 19.2 Å². The molecule has 22 heavy (non-hydrogen) atoms. The molecule has 2 amide bonds. The second-order valence-electron chi connectivity index (χ2n) is 4.95. The fourth-order valence-corrected chi connectivity index (χ4v) is 1.85. The predicted octanol–water partition coefficient (Wildman–Crippen LogP) is 2.56. The number of para-hydroxylation sites is 1. The van der Waals surface area contributed by atoms with Crippen molar-refractivity contribution in [3.63, 3.8) is 0 Å². The maximum atomic E-state index is 11.7. The third kappa shape index (κ3) is 8.73. The molecule has 0 radical (unpaired) electrons. The molecule has 6 nitrogen and oxygen atoms in total. The van der Waals surface area contributed by atoms with Crippen molar-refractivity contribution in [1.82, 2.24) is 5.48 Å². The number of benzene rings is 1. The molecule has 1 aromatic rings. The highest BCUT2D eigenvalue weighted by molar-refractivity contribution is 5.90. The highest BCUT2D eigenvalue weighted by atomic mass is 16.7. The topological polar surface area (TPSA) is 84.5 Å². The van der Waals surface area contributed by atoms with Crippen LogP contribution in [0.25, 0.3) is 0 Å².